The van der Waals surface area contributed by atoms with Crippen molar-refractivity contribution < 1.29 is 9.59 Å². The Bertz CT molecular complexity index is 801. The summed E-state index contributed by atoms with van der Waals surface area (Å²) in [5, 5.41) is 3.41. The number of nitrogens with one attached hydrogen (secondary N) is 1. The summed E-state index contributed by atoms with van der Waals surface area (Å²) in [6, 6.07) is 14.9. The Kier molecular flexibility index (Phi) is 4.92. The zero-order chi connectivity index (χ0) is 17.1. The van der Waals surface area contributed by atoms with Crippen LogP contribution in [0.5, 0.6) is 0 Å². The third kappa shape index (κ3) is 3.80. The average molecular weight is 359 g/mol. The largest absolute Gasteiger partial charge is 0.367 e. The van der Waals surface area contributed by atoms with E-state index in [0.29, 0.717) is 9.93 Å². The van der Waals surface area contributed by atoms with E-state index >= 15 is 0 Å². The Morgan fingerprint density at radius 2 is 1.75 bits per heavy atom. The molecule has 2 aromatic rings. The molecule has 0 spiro atoms. The van der Waals surface area contributed by atoms with Crippen LogP contribution in [0.1, 0.15) is 11.1 Å². The molecule has 1 heterocycles. The van der Waals surface area contributed by atoms with Crippen LogP contribution in [0.15, 0.2) is 53.4 Å². The van der Waals surface area contributed by atoms with Crippen LogP contribution in [0, 0.1) is 6.92 Å². The second-order valence-corrected chi connectivity index (χ2v) is 6.79. The molecule has 0 aromatic heterocycles. The number of nitrogens with zero attached hydrogens (tertiary/aromatic N) is 1. The summed E-state index contributed by atoms with van der Waals surface area (Å²) in [7, 11) is 0. The third-order valence-electron chi connectivity index (χ3n) is 3.53. The van der Waals surface area contributed by atoms with Crippen molar-refractivity contribution in [2.75, 3.05) is 12.0 Å². The topological polar surface area (TPSA) is 49.4 Å². The lowest BCUT2D eigenvalue weighted by atomic mass is 10.1. The standard InChI is InChI=1S/C18H15ClN2O2S/c1-12-2-4-13(5-3-12)10-16-17(22)21(18(23)24-16)11-20-15-8-6-14(19)7-9-15/h2-10,20H,11H2,1H3. The summed E-state index contributed by atoms with van der Waals surface area (Å²) in [4.78, 5) is 26.1. The highest BCUT2D eigenvalue weighted by molar-refractivity contribution is 8.18. The monoisotopic (exact) mass is 358 g/mol. The lowest BCUT2D eigenvalue weighted by Gasteiger charge is -2.14. The van der Waals surface area contributed by atoms with E-state index in [9.17, 15) is 9.59 Å². The molecule has 4 nitrogen and oxygen atoms in total. The Labute approximate surface area is 149 Å². The minimum atomic E-state index is -0.285. The first-order chi connectivity index (χ1) is 11.5. The van der Waals surface area contributed by atoms with Crippen molar-refractivity contribution in [3.05, 3.63) is 69.6 Å². The van der Waals surface area contributed by atoms with Gasteiger partial charge in [-0.15, -0.1) is 0 Å². The van der Waals surface area contributed by atoms with E-state index < -0.39 is 0 Å². The van der Waals surface area contributed by atoms with Crippen molar-refractivity contribution in [2.45, 2.75) is 6.92 Å². The van der Waals surface area contributed by atoms with Gasteiger partial charge in [0.1, 0.15) is 0 Å². The van der Waals surface area contributed by atoms with Crippen molar-refractivity contribution in [1.29, 1.82) is 0 Å². The number of halogens is 1. The van der Waals surface area contributed by atoms with Gasteiger partial charge in [0, 0.05) is 10.7 Å². The van der Waals surface area contributed by atoms with Gasteiger partial charge in [0.25, 0.3) is 11.1 Å². The summed E-state index contributed by atoms with van der Waals surface area (Å²) >= 11 is 6.79. The van der Waals surface area contributed by atoms with E-state index in [2.05, 4.69) is 5.32 Å². The molecule has 0 aliphatic carbocycles. The molecule has 0 radical (unpaired) electrons. The predicted octanol–water partition coefficient (Wildman–Crippen LogP) is 4.75. The number of rotatable bonds is 4. The maximum atomic E-state index is 12.4. The van der Waals surface area contributed by atoms with Gasteiger partial charge in [-0.3, -0.25) is 14.5 Å². The van der Waals surface area contributed by atoms with E-state index in [-0.39, 0.29) is 17.8 Å². The Morgan fingerprint density at radius 3 is 2.42 bits per heavy atom. The van der Waals surface area contributed by atoms with Gasteiger partial charge < -0.3 is 5.32 Å². The van der Waals surface area contributed by atoms with Crippen molar-refractivity contribution in [2.24, 2.45) is 0 Å². The molecule has 0 bridgehead atoms. The molecule has 0 unspecified atom stereocenters. The normalized spacial score (nSPS) is 16.1. The maximum absolute atomic E-state index is 12.4. The first-order valence-electron chi connectivity index (χ1n) is 7.34. The molecule has 122 valence electrons. The van der Waals surface area contributed by atoms with E-state index in [0.717, 1.165) is 28.6 Å². The minimum Gasteiger partial charge on any atom is -0.367 e. The minimum absolute atomic E-state index is 0.123. The molecule has 6 heteroatoms. The molecule has 1 saturated heterocycles. The van der Waals surface area contributed by atoms with Gasteiger partial charge >= 0.3 is 0 Å². The van der Waals surface area contributed by atoms with Crippen LogP contribution in [0.3, 0.4) is 0 Å². The van der Waals surface area contributed by atoms with Gasteiger partial charge in [-0.25, -0.2) is 0 Å². The van der Waals surface area contributed by atoms with Crippen molar-refractivity contribution in [1.82, 2.24) is 4.90 Å². The molecule has 3 rings (SSSR count). The molecule has 1 aliphatic rings. The molecule has 0 atom stereocenters. The van der Waals surface area contributed by atoms with Crippen LogP contribution in [-0.4, -0.2) is 22.7 Å². The molecule has 24 heavy (non-hydrogen) atoms. The summed E-state index contributed by atoms with van der Waals surface area (Å²) in [5.41, 5.74) is 2.84. The summed E-state index contributed by atoms with van der Waals surface area (Å²) in [5.74, 6) is -0.285. The Morgan fingerprint density at radius 1 is 1.08 bits per heavy atom. The quantitative estimate of drug-likeness (QED) is 0.801. The predicted molar refractivity (Wildman–Crippen MR) is 98.9 cm³/mol. The smallest absolute Gasteiger partial charge is 0.295 e. The zero-order valence-electron chi connectivity index (χ0n) is 13.0. The number of imide groups is 1. The number of aryl methyl sites for hydroxylation is 1. The number of thioether (sulfide) groups is 1. The highest BCUT2D eigenvalue weighted by atomic mass is 35.5. The third-order valence-corrected chi connectivity index (χ3v) is 4.69. The van der Waals surface area contributed by atoms with Crippen LogP contribution >= 0.6 is 23.4 Å². The highest BCUT2D eigenvalue weighted by Crippen LogP contribution is 2.32. The number of anilines is 1. The number of carbonyl (C=O) groups excluding carboxylic acids is 2. The van der Waals surface area contributed by atoms with E-state index in [4.69, 9.17) is 11.6 Å². The zero-order valence-corrected chi connectivity index (χ0v) is 14.5. The fourth-order valence-electron chi connectivity index (χ4n) is 2.19. The number of benzene rings is 2. The molecule has 2 aromatic carbocycles. The molecule has 0 saturated carbocycles. The Hall–Kier alpha value is -2.24. The summed E-state index contributed by atoms with van der Waals surface area (Å²) < 4.78 is 0. The van der Waals surface area contributed by atoms with Crippen LogP contribution < -0.4 is 5.32 Å². The first-order valence-corrected chi connectivity index (χ1v) is 8.54. The average Bonchev–Trinajstić information content (AvgIpc) is 2.83. The van der Waals surface area contributed by atoms with Gasteiger partial charge in [0.05, 0.1) is 11.6 Å². The van der Waals surface area contributed by atoms with E-state index in [1.54, 1.807) is 30.3 Å². The summed E-state index contributed by atoms with van der Waals surface area (Å²) in [6.07, 6.45) is 1.74. The summed E-state index contributed by atoms with van der Waals surface area (Å²) in [6.45, 7) is 2.12. The van der Waals surface area contributed by atoms with Gasteiger partial charge in [-0.1, -0.05) is 41.4 Å². The van der Waals surface area contributed by atoms with Crippen molar-refractivity contribution >= 4 is 46.3 Å². The number of carbonyl (C=O) groups is 2. The van der Waals surface area contributed by atoms with Crippen molar-refractivity contribution in [3.63, 3.8) is 0 Å². The van der Waals surface area contributed by atoms with Crippen LogP contribution in [0.25, 0.3) is 6.08 Å². The molecular formula is C18H15ClN2O2S. The number of hydrogen-bond donors (Lipinski definition) is 1. The highest BCUT2D eigenvalue weighted by Gasteiger charge is 2.34. The number of amides is 2. The van der Waals surface area contributed by atoms with E-state index in [1.807, 2.05) is 31.2 Å². The first kappa shape index (κ1) is 16.6. The van der Waals surface area contributed by atoms with Crippen LogP contribution in [-0.2, 0) is 4.79 Å². The lowest BCUT2D eigenvalue weighted by molar-refractivity contribution is -0.122. The lowest BCUT2D eigenvalue weighted by Crippen LogP contribution is -2.33. The molecule has 1 aliphatic heterocycles. The second-order valence-electron chi connectivity index (χ2n) is 5.36. The van der Waals surface area contributed by atoms with E-state index in [1.165, 1.54) is 4.90 Å². The SMILES string of the molecule is Cc1ccc(C=C2SC(=O)N(CNc3ccc(Cl)cc3)C2=O)cc1. The van der Waals surface area contributed by atoms with Gasteiger partial charge in [-0.2, -0.15) is 0 Å². The molecule has 2 amide bonds. The van der Waals surface area contributed by atoms with Crippen LogP contribution in [0.4, 0.5) is 10.5 Å². The molecular weight excluding hydrogens is 344 g/mol. The Balaban J connectivity index is 1.69. The van der Waals surface area contributed by atoms with Gasteiger partial charge in [-0.05, 0) is 54.6 Å². The molecule has 1 N–H and O–H groups in total. The second kappa shape index (κ2) is 7.11. The van der Waals surface area contributed by atoms with Gasteiger partial charge in [0.15, 0.2) is 0 Å². The maximum Gasteiger partial charge on any atom is 0.295 e. The van der Waals surface area contributed by atoms with Crippen molar-refractivity contribution in [3.8, 4) is 0 Å². The number of hydrogen-bond acceptors (Lipinski definition) is 4. The van der Waals surface area contributed by atoms with Crippen LogP contribution in [0.2, 0.25) is 5.02 Å². The fraction of sp³-hybridized carbons (Fsp3) is 0.111. The molecule has 1 fully saturated rings. The van der Waals surface area contributed by atoms with Gasteiger partial charge in [0.2, 0.25) is 0 Å². The fourth-order valence-corrected chi connectivity index (χ4v) is 3.15.